The van der Waals surface area contributed by atoms with Gasteiger partial charge in [-0.1, -0.05) is 0 Å². The van der Waals surface area contributed by atoms with Gasteiger partial charge in [-0.05, 0) is 24.3 Å². The number of hydrogen-bond acceptors (Lipinski definition) is 4. The van der Waals surface area contributed by atoms with Crippen molar-refractivity contribution in [2.75, 3.05) is 23.8 Å². The highest BCUT2D eigenvalue weighted by atomic mass is 32.2. The Morgan fingerprint density at radius 3 is 2.78 bits per heavy atom. The third kappa shape index (κ3) is 3.69. The molecule has 1 fully saturated rings. The van der Waals surface area contributed by atoms with Crippen LogP contribution in [0.4, 0.5) is 0 Å². The van der Waals surface area contributed by atoms with Crippen LogP contribution in [0.5, 0.6) is 0 Å². The lowest BCUT2D eigenvalue weighted by molar-refractivity contribution is 0.0954. The van der Waals surface area contributed by atoms with Crippen LogP contribution < -0.4 is 5.32 Å². The van der Waals surface area contributed by atoms with Crippen molar-refractivity contribution >= 4 is 29.4 Å². The van der Waals surface area contributed by atoms with Crippen molar-refractivity contribution in [1.82, 2.24) is 5.32 Å². The molecular formula is C13H14N2OS2. The zero-order valence-electron chi connectivity index (χ0n) is 9.89. The first-order chi connectivity index (χ1) is 8.79. The Hall–Kier alpha value is -1.12. The van der Waals surface area contributed by atoms with Crippen molar-refractivity contribution in [3.63, 3.8) is 0 Å². The third-order valence-electron chi connectivity index (χ3n) is 2.65. The molecule has 1 amide bonds. The van der Waals surface area contributed by atoms with Crippen LogP contribution in [0.1, 0.15) is 15.9 Å². The Bertz CT molecular complexity index is 447. The number of amides is 1. The van der Waals surface area contributed by atoms with E-state index >= 15 is 0 Å². The Labute approximate surface area is 115 Å². The number of nitrogens with one attached hydrogen (secondary N) is 1. The third-order valence-corrected chi connectivity index (χ3v) is 5.50. The van der Waals surface area contributed by atoms with Crippen molar-refractivity contribution < 1.29 is 4.79 Å². The topological polar surface area (TPSA) is 52.9 Å². The summed E-state index contributed by atoms with van der Waals surface area (Å²) in [5, 5.41) is 12.2. The quantitative estimate of drug-likeness (QED) is 0.920. The first-order valence-corrected chi connectivity index (χ1v) is 7.97. The second-order valence-electron chi connectivity index (χ2n) is 3.97. The Balaban J connectivity index is 1.85. The molecule has 1 unspecified atom stereocenters. The number of hydrogen-bond donors (Lipinski definition) is 1. The molecular weight excluding hydrogens is 264 g/mol. The molecule has 94 valence electrons. The van der Waals surface area contributed by atoms with Crippen molar-refractivity contribution in [2.45, 2.75) is 5.25 Å². The van der Waals surface area contributed by atoms with Gasteiger partial charge in [-0.3, -0.25) is 4.79 Å². The molecule has 0 aliphatic carbocycles. The maximum Gasteiger partial charge on any atom is 0.251 e. The summed E-state index contributed by atoms with van der Waals surface area (Å²) in [7, 11) is 0. The first-order valence-electron chi connectivity index (χ1n) is 5.77. The number of rotatable bonds is 3. The molecule has 2 rings (SSSR count). The lowest BCUT2D eigenvalue weighted by Gasteiger charge is -2.21. The minimum Gasteiger partial charge on any atom is -0.351 e. The molecule has 5 heteroatoms. The highest BCUT2D eigenvalue weighted by Gasteiger charge is 2.15. The fraction of sp³-hybridized carbons (Fsp3) is 0.385. The van der Waals surface area contributed by atoms with Gasteiger partial charge in [0.1, 0.15) is 0 Å². The highest BCUT2D eigenvalue weighted by molar-refractivity contribution is 8.06. The van der Waals surface area contributed by atoms with E-state index in [0.717, 1.165) is 12.3 Å². The van der Waals surface area contributed by atoms with Crippen molar-refractivity contribution in [2.24, 2.45) is 0 Å². The van der Waals surface area contributed by atoms with E-state index in [1.54, 1.807) is 24.3 Å². The molecule has 0 saturated carbocycles. The number of carbonyl (C=O) groups excluding carboxylic acids is 1. The maximum atomic E-state index is 11.9. The van der Waals surface area contributed by atoms with Gasteiger partial charge in [0, 0.05) is 34.6 Å². The molecule has 0 spiro atoms. The van der Waals surface area contributed by atoms with E-state index in [9.17, 15) is 4.79 Å². The minimum atomic E-state index is -0.0596. The summed E-state index contributed by atoms with van der Waals surface area (Å²) in [6.07, 6.45) is 0. The van der Waals surface area contributed by atoms with Gasteiger partial charge in [0.25, 0.3) is 5.91 Å². The molecule has 1 aromatic rings. The molecule has 1 heterocycles. The summed E-state index contributed by atoms with van der Waals surface area (Å²) in [5.41, 5.74) is 1.19. The van der Waals surface area contributed by atoms with Gasteiger partial charge in [-0.15, -0.1) is 0 Å². The first kappa shape index (κ1) is 13.3. The molecule has 1 saturated heterocycles. The average molecular weight is 278 g/mol. The monoisotopic (exact) mass is 278 g/mol. The largest absolute Gasteiger partial charge is 0.351 e. The second-order valence-corrected chi connectivity index (χ2v) is 6.52. The van der Waals surface area contributed by atoms with Gasteiger partial charge in [-0.25, -0.2) is 0 Å². The number of nitrogens with zero attached hydrogens (tertiary/aromatic N) is 1. The molecule has 0 bridgehead atoms. The number of thioether (sulfide) groups is 2. The average Bonchev–Trinajstić information content (AvgIpc) is 2.46. The molecule has 1 aromatic carbocycles. The van der Waals surface area contributed by atoms with Gasteiger partial charge < -0.3 is 5.32 Å². The summed E-state index contributed by atoms with van der Waals surface area (Å²) in [4.78, 5) is 11.9. The van der Waals surface area contributed by atoms with Crippen LogP contribution in [0.15, 0.2) is 24.3 Å². The summed E-state index contributed by atoms with van der Waals surface area (Å²) in [6.45, 7) is 0.719. The van der Waals surface area contributed by atoms with Gasteiger partial charge in [-0.2, -0.15) is 28.8 Å². The van der Waals surface area contributed by atoms with Crippen molar-refractivity contribution in [3.8, 4) is 6.07 Å². The Morgan fingerprint density at radius 2 is 2.17 bits per heavy atom. The van der Waals surface area contributed by atoms with Gasteiger partial charge in [0.05, 0.1) is 11.6 Å². The molecule has 1 aliphatic heterocycles. The zero-order valence-corrected chi connectivity index (χ0v) is 11.5. The van der Waals surface area contributed by atoms with E-state index in [1.807, 2.05) is 29.6 Å². The molecule has 0 aromatic heterocycles. The Morgan fingerprint density at radius 1 is 1.39 bits per heavy atom. The lowest BCUT2D eigenvalue weighted by Crippen LogP contribution is -2.33. The predicted molar refractivity (Wildman–Crippen MR) is 77.1 cm³/mol. The fourth-order valence-electron chi connectivity index (χ4n) is 1.66. The molecule has 1 aliphatic rings. The fourth-order valence-corrected chi connectivity index (χ4v) is 4.27. The van der Waals surface area contributed by atoms with Crippen LogP contribution >= 0.6 is 23.5 Å². The molecule has 1 atom stereocenters. The van der Waals surface area contributed by atoms with Crippen LogP contribution in [0, 0.1) is 11.3 Å². The normalized spacial score (nSPS) is 18.9. The van der Waals surface area contributed by atoms with E-state index in [-0.39, 0.29) is 5.91 Å². The standard InChI is InChI=1S/C13H14N2OS2/c14-7-10-1-3-11(4-2-10)13(16)15-8-12-9-17-5-6-18-12/h1-4,12H,5-6,8-9H2,(H,15,16). The van der Waals surface area contributed by atoms with Crippen LogP contribution in [0.2, 0.25) is 0 Å². The van der Waals surface area contributed by atoms with Gasteiger partial charge in [0.2, 0.25) is 0 Å². The zero-order chi connectivity index (χ0) is 12.8. The van der Waals surface area contributed by atoms with Crippen molar-refractivity contribution in [1.29, 1.82) is 5.26 Å². The summed E-state index contributed by atoms with van der Waals surface area (Å²) < 4.78 is 0. The van der Waals surface area contributed by atoms with E-state index in [4.69, 9.17) is 5.26 Å². The molecule has 3 nitrogen and oxygen atoms in total. The van der Waals surface area contributed by atoms with Crippen molar-refractivity contribution in [3.05, 3.63) is 35.4 Å². The Kier molecular flexibility index (Phi) is 4.97. The van der Waals surface area contributed by atoms with Crippen LogP contribution in [0.25, 0.3) is 0 Å². The SMILES string of the molecule is N#Cc1ccc(C(=O)NCC2CSCCS2)cc1. The molecule has 0 radical (unpaired) electrons. The second kappa shape index (κ2) is 6.72. The summed E-state index contributed by atoms with van der Waals surface area (Å²) in [6, 6.07) is 8.75. The van der Waals surface area contributed by atoms with Crippen LogP contribution in [0.3, 0.4) is 0 Å². The van der Waals surface area contributed by atoms with E-state index in [1.165, 1.54) is 11.5 Å². The van der Waals surface area contributed by atoms with E-state index in [2.05, 4.69) is 5.32 Å². The lowest BCUT2D eigenvalue weighted by atomic mass is 10.1. The number of benzene rings is 1. The molecule has 1 N–H and O–H groups in total. The van der Waals surface area contributed by atoms with Crippen LogP contribution in [-0.4, -0.2) is 35.0 Å². The summed E-state index contributed by atoms with van der Waals surface area (Å²) in [5.74, 6) is 3.43. The number of nitriles is 1. The minimum absolute atomic E-state index is 0.0596. The number of carbonyl (C=O) groups is 1. The van der Waals surface area contributed by atoms with E-state index in [0.29, 0.717) is 16.4 Å². The summed E-state index contributed by atoms with van der Waals surface area (Å²) >= 11 is 3.88. The molecule has 18 heavy (non-hydrogen) atoms. The van der Waals surface area contributed by atoms with Gasteiger partial charge >= 0.3 is 0 Å². The predicted octanol–water partition coefficient (Wildman–Crippen LogP) is 2.14. The van der Waals surface area contributed by atoms with Crippen LogP contribution in [-0.2, 0) is 0 Å². The van der Waals surface area contributed by atoms with Gasteiger partial charge in [0.15, 0.2) is 0 Å². The maximum absolute atomic E-state index is 11.9. The smallest absolute Gasteiger partial charge is 0.251 e. The highest BCUT2D eigenvalue weighted by Crippen LogP contribution is 2.23. The van der Waals surface area contributed by atoms with E-state index < -0.39 is 0 Å².